The number of benzene rings is 1. The smallest absolute Gasteiger partial charge is 0.166 e. The third-order valence-electron chi connectivity index (χ3n) is 3.06. The van der Waals surface area contributed by atoms with Crippen LogP contribution < -0.4 is 10.6 Å². The summed E-state index contributed by atoms with van der Waals surface area (Å²) in [5.74, 6) is 0. The lowest BCUT2D eigenvalue weighted by molar-refractivity contribution is 0.114. The van der Waals surface area contributed by atoms with Gasteiger partial charge in [0.2, 0.25) is 0 Å². The van der Waals surface area contributed by atoms with Gasteiger partial charge in [0.05, 0.1) is 6.10 Å². The van der Waals surface area contributed by atoms with E-state index in [-0.39, 0.29) is 0 Å². The van der Waals surface area contributed by atoms with E-state index in [2.05, 4.69) is 34.9 Å². The first-order chi connectivity index (χ1) is 8.84. The summed E-state index contributed by atoms with van der Waals surface area (Å²) < 4.78 is 5.53. The van der Waals surface area contributed by atoms with Gasteiger partial charge < -0.3 is 15.4 Å². The maximum absolute atomic E-state index is 5.53. The Morgan fingerprint density at radius 3 is 2.83 bits per heavy atom. The first-order valence-corrected chi connectivity index (χ1v) is 6.92. The summed E-state index contributed by atoms with van der Waals surface area (Å²) >= 11 is 5.23. The first kappa shape index (κ1) is 13.3. The van der Waals surface area contributed by atoms with Crippen LogP contribution in [0, 0.1) is 0 Å². The molecule has 0 unspecified atom stereocenters. The number of nitrogens with one attached hydrogen (secondary N) is 2. The first-order valence-electron chi connectivity index (χ1n) is 6.52. The predicted octanol–water partition coefficient (Wildman–Crippen LogP) is 1.87. The van der Waals surface area contributed by atoms with Gasteiger partial charge in [0, 0.05) is 19.7 Å². The molecule has 0 amide bonds. The monoisotopic (exact) mass is 264 g/mol. The van der Waals surface area contributed by atoms with Gasteiger partial charge in [-0.15, -0.1) is 0 Å². The van der Waals surface area contributed by atoms with Gasteiger partial charge in [-0.3, -0.25) is 0 Å². The van der Waals surface area contributed by atoms with Crippen LogP contribution in [-0.4, -0.2) is 30.9 Å². The lowest BCUT2D eigenvalue weighted by atomic mass is 10.1. The van der Waals surface area contributed by atoms with E-state index in [4.69, 9.17) is 17.0 Å². The van der Waals surface area contributed by atoms with Crippen LogP contribution in [0.4, 0.5) is 0 Å². The minimum Gasteiger partial charge on any atom is -0.376 e. The topological polar surface area (TPSA) is 33.3 Å². The van der Waals surface area contributed by atoms with Crippen molar-refractivity contribution in [2.24, 2.45) is 0 Å². The fraction of sp³-hybridized carbons (Fsp3) is 0.500. The Hall–Kier alpha value is -1.13. The van der Waals surface area contributed by atoms with Crippen molar-refractivity contribution in [2.75, 3.05) is 19.7 Å². The molecule has 0 spiro atoms. The molecule has 1 atom stereocenters. The quantitative estimate of drug-likeness (QED) is 0.796. The molecule has 0 aliphatic carbocycles. The standard InChI is InChI=1S/C14H20N2OS/c18-14(16-11-13-7-4-10-17-13)15-9-8-12-5-2-1-3-6-12/h1-3,5-6,13H,4,7-11H2,(H2,15,16,18)/t13-/m1/s1. The molecule has 1 aromatic rings. The highest BCUT2D eigenvalue weighted by Gasteiger charge is 2.14. The molecule has 0 radical (unpaired) electrons. The van der Waals surface area contributed by atoms with Crippen molar-refractivity contribution < 1.29 is 4.74 Å². The molecule has 98 valence electrons. The zero-order valence-corrected chi connectivity index (χ0v) is 11.3. The molecule has 2 rings (SSSR count). The fourth-order valence-corrected chi connectivity index (χ4v) is 2.22. The molecule has 4 heteroatoms. The molecular formula is C14H20N2OS. The molecule has 3 nitrogen and oxygen atoms in total. The van der Waals surface area contributed by atoms with E-state index in [9.17, 15) is 0 Å². The molecule has 1 aliphatic rings. The molecular weight excluding hydrogens is 244 g/mol. The van der Waals surface area contributed by atoms with Crippen molar-refractivity contribution in [2.45, 2.75) is 25.4 Å². The average Bonchev–Trinajstić information content (AvgIpc) is 2.91. The van der Waals surface area contributed by atoms with Crippen molar-refractivity contribution in [1.29, 1.82) is 0 Å². The lowest BCUT2D eigenvalue weighted by Crippen LogP contribution is -2.40. The van der Waals surface area contributed by atoms with Crippen LogP contribution >= 0.6 is 12.2 Å². The van der Waals surface area contributed by atoms with Gasteiger partial charge >= 0.3 is 0 Å². The molecule has 0 bridgehead atoms. The van der Waals surface area contributed by atoms with E-state index >= 15 is 0 Å². The van der Waals surface area contributed by atoms with Crippen molar-refractivity contribution in [3.63, 3.8) is 0 Å². The molecule has 1 fully saturated rings. The molecule has 1 aliphatic heterocycles. The van der Waals surface area contributed by atoms with Crippen molar-refractivity contribution in [3.8, 4) is 0 Å². The Labute approximate surface area is 114 Å². The summed E-state index contributed by atoms with van der Waals surface area (Å²) in [5.41, 5.74) is 1.33. The molecule has 1 saturated heterocycles. The summed E-state index contributed by atoms with van der Waals surface area (Å²) in [6, 6.07) is 10.4. The number of thiocarbonyl (C=S) groups is 1. The highest BCUT2D eigenvalue weighted by molar-refractivity contribution is 7.80. The van der Waals surface area contributed by atoms with E-state index in [1.54, 1.807) is 0 Å². The van der Waals surface area contributed by atoms with Crippen LogP contribution in [0.3, 0.4) is 0 Å². The maximum atomic E-state index is 5.53. The van der Waals surface area contributed by atoms with Gasteiger partial charge in [0.1, 0.15) is 0 Å². The number of ether oxygens (including phenoxy) is 1. The van der Waals surface area contributed by atoms with Gasteiger partial charge in [-0.2, -0.15) is 0 Å². The van der Waals surface area contributed by atoms with E-state index in [1.165, 1.54) is 12.0 Å². The van der Waals surface area contributed by atoms with Crippen LogP contribution in [0.2, 0.25) is 0 Å². The second kappa shape index (κ2) is 7.34. The summed E-state index contributed by atoms with van der Waals surface area (Å²) in [6.45, 7) is 2.57. The summed E-state index contributed by atoms with van der Waals surface area (Å²) in [4.78, 5) is 0. The Bertz CT molecular complexity index is 363. The Morgan fingerprint density at radius 1 is 1.28 bits per heavy atom. The van der Waals surface area contributed by atoms with Crippen molar-refractivity contribution in [3.05, 3.63) is 35.9 Å². The van der Waals surface area contributed by atoms with Gasteiger partial charge in [-0.25, -0.2) is 0 Å². The van der Waals surface area contributed by atoms with Crippen LogP contribution in [0.25, 0.3) is 0 Å². The van der Waals surface area contributed by atoms with Crippen molar-refractivity contribution in [1.82, 2.24) is 10.6 Å². The lowest BCUT2D eigenvalue weighted by Gasteiger charge is -2.13. The van der Waals surface area contributed by atoms with Gasteiger partial charge in [-0.1, -0.05) is 30.3 Å². The Morgan fingerprint density at radius 2 is 2.11 bits per heavy atom. The molecule has 1 aromatic carbocycles. The van der Waals surface area contributed by atoms with E-state index in [1.807, 2.05) is 6.07 Å². The molecule has 2 N–H and O–H groups in total. The average molecular weight is 264 g/mol. The molecule has 0 aromatic heterocycles. The van der Waals surface area contributed by atoms with Crippen LogP contribution in [0.1, 0.15) is 18.4 Å². The molecule has 18 heavy (non-hydrogen) atoms. The van der Waals surface area contributed by atoms with Crippen molar-refractivity contribution >= 4 is 17.3 Å². The summed E-state index contributed by atoms with van der Waals surface area (Å²) in [6.07, 6.45) is 3.63. The largest absolute Gasteiger partial charge is 0.376 e. The second-order valence-electron chi connectivity index (χ2n) is 4.51. The Kier molecular flexibility index (Phi) is 5.42. The van der Waals surface area contributed by atoms with E-state index in [0.717, 1.165) is 37.7 Å². The van der Waals surface area contributed by atoms with Crippen LogP contribution in [0.15, 0.2) is 30.3 Å². The highest BCUT2D eigenvalue weighted by Crippen LogP contribution is 2.10. The third kappa shape index (κ3) is 4.63. The molecule has 1 heterocycles. The maximum Gasteiger partial charge on any atom is 0.166 e. The SMILES string of the molecule is S=C(NCCc1ccccc1)NC[C@H]1CCCO1. The van der Waals surface area contributed by atoms with Gasteiger partial charge in [0.15, 0.2) is 5.11 Å². The number of hydrogen-bond acceptors (Lipinski definition) is 2. The van der Waals surface area contributed by atoms with Crippen LogP contribution in [0.5, 0.6) is 0 Å². The molecule has 0 saturated carbocycles. The zero-order chi connectivity index (χ0) is 12.6. The highest BCUT2D eigenvalue weighted by atomic mass is 32.1. The Balaban J connectivity index is 1.57. The van der Waals surface area contributed by atoms with E-state index in [0.29, 0.717) is 6.10 Å². The second-order valence-corrected chi connectivity index (χ2v) is 4.92. The van der Waals surface area contributed by atoms with Gasteiger partial charge in [-0.05, 0) is 37.0 Å². The van der Waals surface area contributed by atoms with E-state index < -0.39 is 0 Å². The van der Waals surface area contributed by atoms with Gasteiger partial charge in [0.25, 0.3) is 0 Å². The third-order valence-corrected chi connectivity index (χ3v) is 3.35. The number of rotatable bonds is 5. The summed E-state index contributed by atoms with van der Waals surface area (Å²) in [5, 5.41) is 7.15. The minimum atomic E-state index is 0.332. The predicted molar refractivity (Wildman–Crippen MR) is 77.7 cm³/mol. The normalized spacial score (nSPS) is 18.6. The summed E-state index contributed by atoms with van der Waals surface area (Å²) in [7, 11) is 0. The minimum absolute atomic E-state index is 0.332. The fourth-order valence-electron chi connectivity index (χ4n) is 2.04. The van der Waals surface area contributed by atoms with Crippen LogP contribution in [-0.2, 0) is 11.2 Å². The number of hydrogen-bond donors (Lipinski definition) is 2. The zero-order valence-electron chi connectivity index (χ0n) is 10.5.